The molecule has 0 aliphatic rings. The Hall–Kier alpha value is -1.00. The van der Waals surface area contributed by atoms with E-state index < -0.39 is 5.60 Å². The molecule has 0 aromatic carbocycles. The van der Waals surface area contributed by atoms with Crippen molar-refractivity contribution in [2.24, 2.45) is 0 Å². The Labute approximate surface area is 101 Å². The van der Waals surface area contributed by atoms with Gasteiger partial charge in [0.05, 0.1) is 11.3 Å². The summed E-state index contributed by atoms with van der Waals surface area (Å²) in [5.74, 6) is 0.521. The molecule has 0 atom stereocenters. The molecule has 0 amide bonds. The highest BCUT2D eigenvalue weighted by Gasteiger charge is 2.22. The lowest BCUT2D eigenvalue weighted by Gasteiger charge is -2.25. The molecule has 1 aromatic heterocycles. The van der Waals surface area contributed by atoms with Crippen LogP contribution in [0, 0.1) is 0 Å². The predicted molar refractivity (Wildman–Crippen MR) is 67.7 cm³/mol. The molecule has 1 rings (SSSR count). The van der Waals surface area contributed by atoms with Crippen LogP contribution in [0.4, 0.5) is 11.5 Å². The number of aromatic nitrogens is 1. The molecule has 90 valence electrons. The van der Waals surface area contributed by atoms with Gasteiger partial charge in [0.25, 0.3) is 0 Å². The molecule has 0 unspecified atom stereocenters. The lowest BCUT2D eigenvalue weighted by Crippen LogP contribution is -2.35. The van der Waals surface area contributed by atoms with E-state index in [1.54, 1.807) is 12.1 Å². The van der Waals surface area contributed by atoms with Crippen LogP contribution in [-0.4, -0.2) is 22.2 Å². The number of nitrogens with one attached hydrogen (secondary N) is 1. The zero-order valence-corrected chi connectivity index (χ0v) is 10.4. The fourth-order valence-electron chi connectivity index (χ4n) is 1.34. The highest BCUT2D eigenvalue weighted by atomic mass is 35.5. The van der Waals surface area contributed by atoms with Crippen molar-refractivity contribution in [3.05, 3.63) is 17.3 Å². The van der Waals surface area contributed by atoms with E-state index in [1.807, 2.05) is 13.8 Å². The van der Waals surface area contributed by atoms with Gasteiger partial charge in [0.1, 0.15) is 5.15 Å². The number of nitrogen functional groups attached to an aromatic ring is 1. The van der Waals surface area contributed by atoms with Gasteiger partial charge in [0.2, 0.25) is 0 Å². The van der Waals surface area contributed by atoms with Gasteiger partial charge in [-0.1, -0.05) is 25.4 Å². The van der Waals surface area contributed by atoms with Crippen LogP contribution < -0.4 is 11.1 Å². The van der Waals surface area contributed by atoms with Crippen molar-refractivity contribution in [3.8, 4) is 0 Å². The maximum atomic E-state index is 10.1. The number of nitrogens with zero attached hydrogens (tertiary/aromatic N) is 1. The van der Waals surface area contributed by atoms with Crippen LogP contribution in [0.1, 0.15) is 26.7 Å². The molecule has 0 fully saturated rings. The predicted octanol–water partition coefficient (Wildman–Crippen LogP) is 2.28. The quantitative estimate of drug-likeness (QED) is 0.694. The number of rotatable bonds is 5. The Bertz CT molecular complexity index is 353. The van der Waals surface area contributed by atoms with Crippen molar-refractivity contribution in [1.29, 1.82) is 0 Å². The van der Waals surface area contributed by atoms with Crippen LogP contribution in [0.3, 0.4) is 0 Å². The van der Waals surface area contributed by atoms with Crippen LogP contribution >= 0.6 is 11.6 Å². The van der Waals surface area contributed by atoms with E-state index >= 15 is 0 Å². The number of pyridine rings is 1. The molecule has 4 N–H and O–H groups in total. The van der Waals surface area contributed by atoms with Gasteiger partial charge >= 0.3 is 0 Å². The summed E-state index contributed by atoms with van der Waals surface area (Å²) in [6, 6.07) is 3.32. The Morgan fingerprint density at radius 2 is 2.06 bits per heavy atom. The zero-order valence-electron chi connectivity index (χ0n) is 9.63. The second-order valence-corrected chi connectivity index (χ2v) is 4.24. The fourth-order valence-corrected chi connectivity index (χ4v) is 1.48. The zero-order chi connectivity index (χ0) is 12.2. The van der Waals surface area contributed by atoms with Crippen molar-refractivity contribution < 1.29 is 5.11 Å². The maximum Gasteiger partial charge on any atom is 0.151 e. The number of anilines is 2. The van der Waals surface area contributed by atoms with Crippen molar-refractivity contribution in [2.45, 2.75) is 32.3 Å². The molecule has 0 saturated heterocycles. The molecule has 0 aliphatic carbocycles. The molecule has 1 aromatic rings. The van der Waals surface area contributed by atoms with Gasteiger partial charge in [0, 0.05) is 6.54 Å². The van der Waals surface area contributed by atoms with Crippen LogP contribution in [0.2, 0.25) is 5.15 Å². The minimum atomic E-state index is -0.726. The summed E-state index contributed by atoms with van der Waals surface area (Å²) < 4.78 is 0. The first-order chi connectivity index (χ1) is 7.50. The lowest BCUT2D eigenvalue weighted by molar-refractivity contribution is 0.0456. The molecule has 5 heteroatoms. The van der Waals surface area contributed by atoms with E-state index in [9.17, 15) is 5.11 Å². The third-order valence-electron chi connectivity index (χ3n) is 2.79. The van der Waals surface area contributed by atoms with Crippen LogP contribution in [-0.2, 0) is 0 Å². The van der Waals surface area contributed by atoms with Gasteiger partial charge < -0.3 is 16.2 Å². The van der Waals surface area contributed by atoms with Gasteiger partial charge in [-0.15, -0.1) is 0 Å². The first kappa shape index (κ1) is 13.1. The summed E-state index contributed by atoms with van der Waals surface area (Å²) >= 11 is 5.77. The van der Waals surface area contributed by atoms with Crippen molar-refractivity contribution in [1.82, 2.24) is 4.98 Å². The van der Waals surface area contributed by atoms with Crippen molar-refractivity contribution >= 4 is 23.1 Å². The highest BCUT2D eigenvalue weighted by molar-refractivity contribution is 6.29. The monoisotopic (exact) mass is 243 g/mol. The molecule has 1 heterocycles. The van der Waals surface area contributed by atoms with Crippen LogP contribution in [0.15, 0.2) is 12.1 Å². The van der Waals surface area contributed by atoms with Crippen LogP contribution in [0.5, 0.6) is 0 Å². The average molecular weight is 244 g/mol. The van der Waals surface area contributed by atoms with Gasteiger partial charge in [0.15, 0.2) is 5.82 Å². The number of halogens is 1. The van der Waals surface area contributed by atoms with Crippen LogP contribution in [0.25, 0.3) is 0 Å². The fraction of sp³-hybridized carbons (Fsp3) is 0.545. The number of hydrogen-bond acceptors (Lipinski definition) is 4. The summed E-state index contributed by atoms with van der Waals surface area (Å²) in [6.45, 7) is 4.30. The van der Waals surface area contributed by atoms with Crippen molar-refractivity contribution in [3.63, 3.8) is 0 Å². The molecule has 16 heavy (non-hydrogen) atoms. The standard InChI is InChI=1S/C11H18ClN3O/c1-3-11(16,4-2)7-14-10-8(13)5-6-9(12)15-10/h5-6,16H,3-4,7,13H2,1-2H3,(H,14,15). The first-order valence-electron chi connectivity index (χ1n) is 5.39. The molecule has 0 aliphatic heterocycles. The number of aliphatic hydroxyl groups is 1. The van der Waals surface area contributed by atoms with E-state index in [0.717, 1.165) is 0 Å². The van der Waals surface area contributed by atoms with E-state index in [1.165, 1.54) is 0 Å². The summed E-state index contributed by atoms with van der Waals surface area (Å²) in [5, 5.41) is 13.5. The summed E-state index contributed by atoms with van der Waals surface area (Å²) in [6.07, 6.45) is 1.36. The lowest BCUT2D eigenvalue weighted by atomic mass is 9.98. The Morgan fingerprint density at radius 1 is 1.44 bits per heavy atom. The number of nitrogens with two attached hydrogens (primary N) is 1. The summed E-state index contributed by atoms with van der Waals surface area (Å²) in [5.41, 5.74) is 5.54. The molecular formula is C11H18ClN3O. The molecule has 0 spiro atoms. The normalized spacial score (nSPS) is 11.5. The minimum Gasteiger partial charge on any atom is -0.396 e. The largest absolute Gasteiger partial charge is 0.396 e. The minimum absolute atomic E-state index is 0.383. The molecule has 4 nitrogen and oxygen atoms in total. The molecular weight excluding hydrogens is 226 g/mol. The first-order valence-corrected chi connectivity index (χ1v) is 5.77. The van der Waals surface area contributed by atoms with E-state index in [-0.39, 0.29) is 0 Å². The molecule has 0 saturated carbocycles. The smallest absolute Gasteiger partial charge is 0.151 e. The average Bonchev–Trinajstić information content (AvgIpc) is 2.30. The molecule has 0 radical (unpaired) electrons. The Morgan fingerprint density at radius 3 is 2.62 bits per heavy atom. The van der Waals surface area contributed by atoms with E-state index in [0.29, 0.717) is 36.0 Å². The topological polar surface area (TPSA) is 71.2 Å². The second-order valence-electron chi connectivity index (χ2n) is 3.86. The second kappa shape index (κ2) is 5.37. The third-order valence-corrected chi connectivity index (χ3v) is 3.00. The Kier molecular flexibility index (Phi) is 4.38. The van der Waals surface area contributed by atoms with E-state index in [4.69, 9.17) is 17.3 Å². The highest BCUT2D eigenvalue weighted by Crippen LogP contribution is 2.21. The van der Waals surface area contributed by atoms with E-state index in [2.05, 4.69) is 10.3 Å². The third kappa shape index (κ3) is 3.25. The van der Waals surface area contributed by atoms with Gasteiger partial charge in [-0.25, -0.2) is 4.98 Å². The van der Waals surface area contributed by atoms with Crippen molar-refractivity contribution in [2.75, 3.05) is 17.6 Å². The summed E-state index contributed by atoms with van der Waals surface area (Å²) in [7, 11) is 0. The maximum absolute atomic E-state index is 10.1. The number of hydrogen-bond donors (Lipinski definition) is 3. The van der Waals surface area contributed by atoms with Gasteiger partial charge in [-0.3, -0.25) is 0 Å². The molecule has 0 bridgehead atoms. The SMILES string of the molecule is CCC(O)(CC)CNc1nc(Cl)ccc1N. The van der Waals surface area contributed by atoms with Gasteiger partial charge in [-0.2, -0.15) is 0 Å². The summed E-state index contributed by atoms with van der Waals surface area (Å²) in [4.78, 5) is 4.06. The Balaban J connectivity index is 2.70. The van der Waals surface area contributed by atoms with Gasteiger partial charge in [-0.05, 0) is 25.0 Å².